The van der Waals surface area contributed by atoms with Crippen LogP contribution in [0.4, 0.5) is 8.78 Å². The van der Waals surface area contributed by atoms with Crippen LogP contribution in [0.3, 0.4) is 0 Å². The second-order valence-corrected chi connectivity index (χ2v) is 5.60. The molecular formula is C21H17F2NO2. The quantitative estimate of drug-likeness (QED) is 0.691. The lowest BCUT2D eigenvalue weighted by Crippen LogP contribution is -2.29. The third-order valence-corrected chi connectivity index (χ3v) is 3.89. The summed E-state index contributed by atoms with van der Waals surface area (Å²) in [7, 11) is 0. The summed E-state index contributed by atoms with van der Waals surface area (Å²) in [5, 5.41) is 2.92. The maximum absolute atomic E-state index is 12.8. The van der Waals surface area contributed by atoms with Gasteiger partial charge in [0.1, 0.15) is 5.75 Å². The van der Waals surface area contributed by atoms with Gasteiger partial charge in [0.2, 0.25) is 0 Å². The molecule has 5 heteroatoms. The smallest absolute Gasteiger partial charge is 0.387 e. The first-order valence-corrected chi connectivity index (χ1v) is 8.10. The lowest BCUT2D eigenvalue weighted by atomic mass is 9.98. The molecule has 0 saturated heterocycles. The maximum Gasteiger partial charge on any atom is 0.387 e. The van der Waals surface area contributed by atoms with Gasteiger partial charge in [-0.15, -0.1) is 0 Å². The fourth-order valence-electron chi connectivity index (χ4n) is 2.71. The van der Waals surface area contributed by atoms with Crippen LogP contribution < -0.4 is 10.1 Å². The monoisotopic (exact) mass is 353 g/mol. The highest BCUT2D eigenvalue weighted by Gasteiger charge is 2.20. The van der Waals surface area contributed by atoms with Crippen molar-refractivity contribution in [2.24, 2.45) is 0 Å². The van der Waals surface area contributed by atoms with Gasteiger partial charge in [0, 0.05) is 0 Å². The molecule has 26 heavy (non-hydrogen) atoms. The van der Waals surface area contributed by atoms with Crippen molar-refractivity contribution in [3.63, 3.8) is 0 Å². The molecule has 1 amide bonds. The number of rotatable bonds is 6. The lowest BCUT2D eigenvalue weighted by molar-refractivity contribution is -0.0501. The SMILES string of the molecule is O=C(NC(c1ccccc1)c1ccccc1)c1ccccc1OC(F)F. The number of carbonyl (C=O) groups excluding carboxylic acids is 1. The first-order chi connectivity index (χ1) is 12.6. The maximum atomic E-state index is 12.8. The van der Waals surface area contributed by atoms with Gasteiger partial charge in [-0.2, -0.15) is 8.78 Å². The first-order valence-electron chi connectivity index (χ1n) is 8.10. The van der Waals surface area contributed by atoms with Crippen LogP contribution in [-0.2, 0) is 0 Å². The molecule has 0 aliphatic rings. The van der Waals surface area contributed by atoms with Crippen LogP contribution >= 0.6 is 0 Å². The van der Waals surface area contributed by atoms with Gasteiger partial charge in [-0.1, -0.05) is 72.8 Å². The molecule has 0 saturated carbocycles. The number of carbonyl (C=O) groups is 1. The molecule has 0 aromatic heterocycles. The summed E-state index contributed by atoms with van der Waals surface area (Å²) in [6.07, 6.45) is 0. The van der Waals surface area contributed by atoms with Crippen LogP contribution in [0.25, 0.3) is 0 Å². The molecule has 0 aliphatic heterocycles. The summed E-state index contributed by atoms with van der Waals surface area (Å²) in [6.45, 7) is -3.00. The Bertz CT molecular complexity index is 815. The molecule has 3 aromatic carbocycles. The topological polar surface area (TPSA) is 38.3 Å². The zero-order valence-corrected chi connectivity index (χ0v) is 13.8. The minimum Gasteiger partial charge on any atom is -0.434 e. The van der Waals surface area contributed by atoms with Crippen molar-refractivity contribution in [3.8, 4) is 5.75 Å². The van der Waals surface area contributed by atoms with E-state index < -0.39 is 18.6 Å². The van der Waals surface area contributed by atoms with Crippen LogP contribution in [0, 0.1) is 0 Å². The van der Waals surface area contributed by atoms with E-state index in [1.807, 2.05) is 60.7 Å². The molecule has 0 fully saturated rings. The van der Waals surface area contributed by atoms with E-state index in [4.69, 9.17) is 0 Å². The number of ether oxygens (including phenoxy) is 1. The number of hydrogen-bond acceptors (Lipinski definition) is 2. The summed E-state index contributed by atoms with van der Waals surface area (Å²) in [5.74, 6) is -0.640. The Labute approximate surface area is 150 Å². The Balaban J connectivity index is 1.92. The van der Waals surface area contributed by atoms with Crippen LogP contribution in [0.1, 0.15) is 27.5 Å². The van der Waals surface area contributed by atoms with E-state index in [1.165, 1.54) is 12.1 Å². The molecule has 0 heterocycles. The third-order valence-electron chi connectivity index (χ3n) is 3.89. The van der Waals surface area contributed by atoms with Crippen molar-refractivity contribution < 1.29 is 18.3 Å². The molecule has 3 aromatic rings. The fourth-order valence-corrected chi connectivity index (χ4v) is 2.71. The summed E-state index contributed by atoms with van der Waals surface area (Å²) in [5.41, 5.74) is 1.84. The van der Waals surface area contributed by atoms with Gasteiger partial charge in [-0.05, 0) is 23.3 Å². The Morgan fingerprint density at radius 3 is 1.81 bits per heavy atom. The molecule has 3 nitrogen and oxygen atoms in total. The Hall–Kier alpha value is -3.21. The van der Waals surface area contributed by atoms with Crippen molar-refractivity contribution in [3.05, 3.63) is 102 Å². The van der Waals surface area contributed by atoms with Crippen LogP contribution in [0.2, 0.25) is 0 Å². The number of para-hydroxylation sites is 1. The molecule has 0 radical (unpaired) electrons. The van der Waals surface area contributed by atoms with Crippen LogP contribution in [0.15, 0.2) is 84.9 Å². The molecule has 0 spiro atoms. The average Bonchev–Trinajstić information content (AvgIpc) is 2.67. The van der Waals surface area contributed by atoms with Gasteiger partial charge in [-0.3, -0.25) is 4.79 Å². The normalized spacial score (nSPS) is 10.8. The van der Waals surface area contributed by atoms with Crippen molar-refractivity contribution in [1.29, 1.82) is 0 Å². The summed E-state index contributed by atoms with van der Waals surface area (Å²) in [4.78, 5) is 12.8. The van der Waals surface area contributed by atoms with Gasteiger partial charge in [-0.25, -0.2) is 0 Å². The average molecular weight is 353 g/mol. The number of hydrogen-bond donors (Lipinski definition) is 1. The lowest BCUT2D eigenvalue weighted by Gasteiger charge is -2.20. The van der Waals surface area contributed by atoms with Gasteiger partial charge in [0.25, 0.3) is 5.91 Å². The highest BCUT2D eigenvalue weighted by Crippen LogP contribution is 2.25. The fraction of sp³-hybridized carbons (Fsp3) is 0.0952. The Morgan fingerprint density at radius 1 is 0.769 bits per heavy atom. The minimum atomic E-state index is -3.00. The molecule has 0 atom stereocenters. The zero-order valence-electron chi connectivity index (χ0n) is 13.8. The summed E-state index contributed by atoms with van der Waals surface area (Å²) >= 11 is 0. The molecule has 0 bridgehead atoms. The zero-order chi connectivity index (χ0) is 18.4. The number of benzene rings is 3. The van der Waals surface area contributed by atoms with Gasteiger partial charge in [0.15, 0.2) is 0 Å². The number of alkyl halides is 2. The highest BCUT2D eigenvalue weighted by atomic mass is 19.3. The van der Waals surface area contributed by atoms with Crippen molar-refractivity contribution in [2.75, 3.05) is 0 Å². The van der Waals surface area contributed by atoms with Crippen LogP contribution in [0.5, 0.6) is 5.75 Å². The summed E-state index contributed by atoms with van der Waals surface area (Å²) in [6, 6.07) is 24.4. The molecule has 0 unspecified atom stereocenters. The second kappa shape index (κ2) is 8.25. The van der Waals surface area contributed by atoms with Crippen molar-refractivity contribution in [1.82, 2.24) is 5.32 Å². The number of halogens is 2. The number of amides is 1. The molecule has 1 N–H and O–H groups in total. The molecule has 132 valence electrons. The first kappa shape index (κ1) is 17.6. The number of nitrogens with one attached hydrogen (secondary N) is 1. The van der Waals surface area contributed by atoms with E-state index >= 15 is 0 Å². The standard InChI is InChI=1S/C21H17F2NO2/c22-21(23)26-18-14-8-7-13-17(18)20(25)24-19(15-9-3-1-4-10-15)16-11-5-2-6-12-16/h1-14,19,21H,(H,24,25). The predicted octanol–water partition coefficient (Wildman–Crippen LogP) is 4.81. The molecule has 3 rings (SSSR count). The molecule has 0 aliphatic carbocycles. The van der Waals surface area contributed by atoms with Gasteiger partial charge < -0.3 is 10.1 Å². The van der Waals surface area contributed by atoms with E-state index in [2.05, 4.69) is 10.1 Å². The minimum absolute atomic E-state index is 0.0599. The van der Waals surface area contributed by atoms with Crippen molar-refractivity contribution >= 4 is 5.91 Å². The van der Waals surface area contributed by atoms with E-state index in [-0.39, 0.29) is 11.3 Å². The van der Waals surface area contributed by atoms with E-state index in [0.717, 1.165) is 11.1 Å². The Morgan fingerprint density at radius 2 is 1.27 bits per heavy atom. The highest BCUT2D eigenvalue weighted by molar-refractivity contribution is 5.97. The van der Waals surface area contributed by atoms with Gasteiger partial charge >= 0.3 is 6.61 Å². The third kappa shape index (κ3) is 4.25. The Kier molecular flexibility index (Phi) is 5.59. The van der Waals surface area contributed by atoms with Crippen molar-refractivity contribution in [2.45, 2.75) is 12.7 Å². The molecular weight excluding hydrogens is 336 g/mol. The van der Waals surface area contributed by atoms with E-state index in [9.17, 15) is 13.6 Å². The van der Waals surface area contributed by atoms with Crippen LogP contribution in [-0.4, -0.2) is 12.5 Å². The largest absolute Gasteiger partial charge is 0.434 e. The van der Waals surface area contributed by atoms with Gasteiger partial charge in [0.05, 0.1) is 11.6 Å². The predicted molar refractivity (Wildman–Crippen MR) is 95.3 cm³/mol. The summed E-state index contributed by atoms with van der Waals surface area (Å²) < 4.78 is 29.7. The van der Waals surface area contributed by atoms with E-state index in [0.29, 0.717) is 0 Å². The second-order valence-electron chi connectivity index (χ2n) is 5.60. The van der Waals surface area contributed by atoms with E-state index in [1.54, 1.807) is 12.1 Å².